The Kier molecular flexibility index (Phi) is 7.17. The number of carbonyl (C=O) groups is 2. The molecule has 1 N–H and O–H groups in total. The molecule has 0 bridgehead atoms. The zero-order valence-electron chi connectivity index (χ0n) is 15.4. The fourth-order valence-electron chi connectivity index (χ4n) is 2.02. The van der Waals surface area contributed by atoms with Crippen LogP contribution in [-0.4, -0.2) is 44.8 Å². The van der Waals surface area contributed by atoms with Gasteiger partial charge in [0.25, 0.3) is 5.91 Å². The summed E-state index contributed by atoms with van der Waals surface area (Å²) in [5.74, 6) is -0.874. The van der Waals surface area contributed by atoms with Crippen LogP contribution in [0, 0.1) is 0 Å². The van der Waals surface area contributed by atoms with Crippen LogP contribution in [0.2, 0.25) is 0 Å². The van der Waals surface area contributed by atoms with Gasteiger partial charge in [0.2, 0.25) is 10.0 Å². The summed E-state index contributed by atoms with van der Waals surface area (Å²) in [5, 5.41) is 2.53. The number of sulfonamides is 1. The normalized spacial score (nSPS) is 12.9. The van der Waals surface area contributed by atoms with Crippen molar-refractivity contribution < 1.29 is 27.2 Å². The van der Waals surface area contributed by atoms with Gasteiger partial charge in [-0.05, 0) is 59.3 Å². The molecule has 0 saturated heterocycles. The second-order valence-corrected chi connectivity index (χ2v) is 8.79. The Morgan fingerprint density at radius 1 is 1.25 bits per heavy atom. The quantitative estimate of drug-likeness (QED) is 0.492. The first kappa shape index (κ1) is 21.9. The summed E-state index contributed by atoms with van der Waals surface area (Å²) >= 11 is 3.15. The Bertz CT molecular complexity index is 997. The van der Waals surface area contributed by atoms with E-state index in [0.29, 0.717) is 10.4 Å². The van der Waals surface area contributed by atoms with Gasteiger partial charge in [-0.3, -0.25) is 4.79 Å². The molecule has 1 amide bonds. The predicted molar refractivity (Wildman–Crippen MR) is 107 cm³/mol. The summed E-state index contributed by atoms with van der Waals surface area (Å²) in [6.45, 7) is 1.41. The smallest absolute Gasteiger partial charge is 0.331 e. The summed E-state index contributed by atoms with van der Waals surface area (Å²) in [6.07, 6.45) is 1.46. The van der Waals surface area contributed by atoms with Crippen molar-refractivity contribution in [2.24, 2.45) is 0 Å². The van der Waals surface area contributed by atoms with Crippen molar-refractivity contribution in [3.05, 3.63) is 52.9 Å². The topological polar surface area (TPSA) is 106 Å². The third-order valence-corrected chi connectivity index (χ3v) is 5.76. The average molecular weight is 471 g/mol. The number of nitrogens with zero attached hydrogens (tertiary/aromatic N) is 1. The largest absolute Gasteiger partial charge is 0.450 e. The van der Waals surface area contributed by atoms with Crippen molar-refractivity contribution in [1.29, 1.82) is 0 Å². The SMILES string of the molecule is C[C@H](OC(=O)/C=C\c1ccc(Br)o1)C(=O)Nc1cccc(S(=O)(=O)N(C)C)c1. The number of furan rings is 1. The van der Waals surface area contributed by atoms with Gasteiger partial charge in [0, 0.05) is 25.9 Å². The molecule has 1 heterocycles. The number of amides is 1. The molecule has 2 rings (SSSR count). The predicted octanol–water partition coefficient (Wildman–Crippen LogP) is 2.88. The van der Waals surface area contributed by atoms with Crippen LogP contribution in [0.25, 0.3) is 6.08 Å². The van der Waals surface area contributed by atoms with Gasteiger partial charge in [-0.2, -0.15) is 0 Å². The first-order valence-corrected chi connectivity index (χ1v) is 10.3. The maximum Gasteiger partial charge on any atom is 0.331 e. The van der Waals surface area contributed by atoms with Crippen LogP contribution in [-0.2, 0) is 24.3 Å². The van der Waals surface area contributed by atoms with Crippen molar-refractivity contribution in [3.63, 3.8) is 0 Å². The molecule has 8 nitrogen and oxygen atoms in total. The fourth-order valence-corrected chi connectivity index (χ4v) is 3.29. The van der Waals surface area contributed by atoms with Gasteiger partial charge < -0.3 is 14.5 Å². The molecule has 1 atom stereocenters. The van der Waals surface area contributed by atoms with Crippen molar-refractivity contribution in [2.45, 2.75) is 17.9 Å². The van der Waals surface area contributed by atoms with Gasteiger partial charge in [-0.15, -0.1) is 0 Å². The molecule has 1 aromatic carbocycles. The standard InChI is InChI=1S/C18H19BrN2O6S/c1-12(26-17(22)10-8-14-7-9-16(19)27-14)18(23)20-13-5-4-6-15(11-13)28(24,25)21(2)3/h4-12H,1-3H3,(H,20,23)/b10-8-/t12-/m0/s1. The first-order valence-electron chi connectivity index (χ1n) is 8.07. The number of hydrogen-bond donors (Lipinski definition) is 1. The molecule has 150 valence electrons. The second kappa shape index (κ2) is 9.18. The van der Waals surface area contributed by atoms with Crippen LogP contribution in [0.5, 0.6) is 0 Å². The van der Waals surface area contributed by atoms with Crippen LogP contribution in [0.3, 0.4) is 0 Å². The van der Waals surface area contributed by atoms with E-state index in [1.54, 1.807) is 12.1 Å². The molecule has 1 aromatic heterocycles. The second-order valence-electron chi connectivity index (χ2n) is 5.86. The number of nitrogens with one attached hydrogen (secondary N) is 1. The number of benzene rings is 1. The van der Waals surface area contributed by atoms with Crippen LogP contribution in [0.15, 0.2) is 56.5 Å². The van der Waals surface area contributed by atoms with E-state index in [-0.39, 0.29) is 10.6 Å². The molecule has 0 unspecified atom stereocenters. The van der Waals surface area contributed by atoms with Gasteiger partial charge in [-0.25, -0.2) is 17.5 Å². The molecular formula is C18H19BrN2O6S. The molecule has 0 radical (unpaired) electrons. The molecular weight excluding hydrogens is 452 g/mol. The fraction of sp³-hybridized carbons (Fsp3) is 0.222. The number of ether oxygens (including phenoxy) is 1. The maximum absolute atomic E-state index is 12.2. The summed E-state index contributed by atoms with van der Waals surface area (Å²) in [5.41, 5.74) is 0.270. The molecule has 0 fully saturated rings. The Morgan fingerprint density at radius 3 is 2.57 bits per heavy atom. The highest BCUT2D eigenvalue weighted by molar-refractivity contribution is 9.10. The van der Waals surface area contributed by atoms with Gasteiger partial charge in [0.05, 0.1) is 4.90 Å². The summed E-state index contributed by atoms with van der Waals surface area (Å²) < 4.78 is 36.2. The minimum Gasteiger partial charge on any atom is -0.450 e. The highest BCUT2D eigenvalue weighted by Crippen LogP contribution is 2.18. The molecule has 2 aromatic rings. The third kappa shape index (κ3) is 5.78. The van der Waals surface area contributed by atoms with E-state index in [4.69, 9.17) is 9.15 Å². The van der Waals surface area contributed by atoms with E-state index in [1.165, 1.54) is 51.4 Å². The summed E-state index contributed by atoms with van der Waals surface area (Å²) in [6, 6.07) is 9.12. The Balaban J connectivity index is 1.98. The van der Waals surface area contributed by atoms with Crippen molar-refractivity contribution in [1.82, 2.24) is 4.31 Å². The van der Waals surface area contributed by atoms with E-state index in [9.17, 15) is 18.0 Å². The average Bonchev–Trinajstić information content (AvgIpc) is 3.05. The highest BCUT2D eigenvalue weighted by atomic mass is 79.9. The molecule has 0 aliphatic rings. The molecule has 28 heavy (non-hydrogen) atoms. The Labute approximate surface area is 171 Å². The minimum absolute atomic E-state index is 0.0347. The number of rotatable bonds is 7. The number of anilines is 1. The van der Waals surface area contributed by atoms with Crippen LogP contribution < -0.4 is 5.32 Å². The van der Waals surface area contributed by atoms with Crippen LogP contribution in [0.1, 0.15) is 12.7 Å². The minimum atomic E-state index is -3.63. The third-order valence-electron chi connectivity index (χ3n) is 3.52. The monoisotopic (exact) mass is 470 g/mol. The van der Waals surface area contributed by atoms with E-state index in [1.807, 2.05) is 0 Å². The summed E-state index contributed by atoms with van der Waals surface area (Å²) in [4.78, 5) is 24.1. The molecule has 0 spiro atoms. The number of esters is 1. The lowest BCUT2D eigenvalue weighted by molar-refractivity contribution is -0.148. The van der Waals surface area contributed by atoms with Gasteiger partial charge in [-0.1, -0.05) is 6.07 Å². The van der Waals surface area contributed by atoms with Gasteiger partial charge in [0.15, 0.2) is 10.8 Å². The maximum atomic E-state index is 12.2. The van der Waals surface area contributed by atoms with E-state index in [0.717, 1.165) is 10.4 Å². The van der Waals surface area contributed by atoms with E-state index >= 15 is 0 Å². The van der Waals surface area contributed by atoms with Gasteiger partial charge in [0.1, 0.15) is 5.76 Å². The number of halogens is 1. The highest BCUT2D eigenvalue weighted by Gasteiger charge is 2.20. The Hall–Kier alpha value is -2.43. The number of hydrogen-bond acceptors (Lipinski definition) is 6. The van der Waals surface area contributed by atoms with Crippen molar-refractivity contribution >= 4 is 49.6 Å². The van der Waals surface area contributed by atoms with Crippen LogP contribution in [0.4, 0.5) is 5.69 Å². The zero-order chi connectivity index (χ0) is 20.9. The summed E-state index contributed by atoms with van der Waals surface area (Å²) in [7, 11) is -0.804. The number of carbonyl (C=O) groups excluding carboxylic acids is 2. The molecule has 0 aliphatic carbocycles. The van der Waals surface area contributed by atoms with E-state index in [2.05, 4.69) is 21.2 Å². The molecule has 10 heteroatoms. The lowest BCUT2D eigenvalue weighted by Crippen LogP contribution is -2.29. The van der Waals surface area contributed by atoms with E-state index < -0.39 is 28.0 Å². The molecule has 0 saturated carbocycles. The lowest BCUT2D eigenvalue weighted by atomic mass is 10.3. The van der Waals surface area contributed by atoms with Crippen molar-refractivity contribution in [3.8, 4) is 0 Å². The zero-order valence-corrected chi connectivity index (χ0v) is 17.8. The first-order chi connectivity index (χ1) is 13.1. The lowest BCUT2D eigenvalue weighted by Gasteiger charge is -2.14. The van der Waals surface area contributed by atoms with Crippen LogP contribution >= 0.6 is 15.9 Å². The molecule has 0 aliphatic heterocycles. The van der Waals surface area contributed by atoms with Gasteiger partial charge >= 0.3 is 5.97 Å². The Morgan fingerprint density at radius 2 is 1.96 bits per heavy atom. The van der Waals surface area contributed by atoms with Crippen molar-refractivity contribution in [2.75, 3.05) is 19.4 Å².